The van der Waals surface area contributed by atoms with E-state index in [2.05, 4.69) is 9.47 Å². The summed E-state index contributed by atoms with van der Waals surface area (Å²) in [7, 11) is 2.70. The predicted molar refractivity (Wildman–Crippen MR) is 111 cm³/mol. The molecular formula is C24H22O6. The highest BCUT2D eigenvalue weighted by molar-refractivity contribution is 5.89. The maximum absolute atomic E-state index is 11.4. The minimum atomic E-state index is -0.376. The average molecular weight is 406 g/mol. The van der Waals surface area contributed by atoms with Crippen LogP contribution in [0.25, 0.3) is 0 Å². The van der Waals surface area contributed by atoms with E-state index in [9.17, 15) is 9.59 Å². The molecule has 0 aromatic heterocycles. The molecule has 3 aromatic carbocycles. The van der Waals surface area contributed by atoms with Crippen molar-refractivity contribution in [2.75, 3.05) is 14.2 Å². The van der Waals surface area contributed by atoms with Crippen LogP contribution in [-0.2, 0) is 22.7 Å². The number of ether oxygens (including phenoxy) is 4. The fourth-order valence-electron chi connectivity index (χ4n) is 2.68. The van der Waals surface area contributed by atoms with Crippen molar-refractivity contribution in [3.8, 4) is 11.5 Å². The quantitative estimate of drug-likeness (QED) is 0.516. The monoisotopic (exact) mass is 406 g/mol. The summed E-state index contributed by atoms with van der Waals surface area (Å²) < 4.78 is 20.8. The Morgan fingerprint density at radius 3 is 1.20 bits per heavy atom. The van der Waals surface area contributed by atoms with Crippen LogP contribution in [0.15, 0.2) is 72.8 Å². The summed E-state index contributed by atoms with van der Waals surface area (Å²) >= 11 is 0. The van der Waals surface area contributed by atoms with Gasteiger partial charge < -0.3 is 18.9 Å². The molecule has 0 radical (unpaired) electrons. The molecule has 3 aromatic rings. The first kappa shape index (κ1) is 20.9. The van der Waals surface area contributed by atoms with Gasteiger partial charge in [0.2, 0.25) is 0 Å². The van der Waals surface area contributed by atoms with Gasteiger partial charge in [-0.1, -0.05) is 24.3 Å². The maximum Gasteiger partial charge on any atom is 0.337 e. The molecule has 0 aliphatic rings. The zero-order valence-corrected chi connectivity index (χ0v) is 16.8. The molecule has 0 atom stereocenters. The molecule has 0 saturated heterocycles. The van der Waals surface area contributed by atoms with Crippen molar-refractivity contribution >= 4 is 11.9 Å². The molecule has 0 amide bonds. The number of benzene rings is 3. The van der Waals surface area contributed by atoms with E-state index >= 15 is 0 Å². The number of rotatable bonds is 8. The van der Waals surface area contributed by atoms with E-state index in [1.807, 2.05) is 24.3 Å². The first-order chi connectivity index (χ1) is 14.6. The van der Waals surface area contributed by atoms with Crippen LogP contribution < -0.4 is 9.47 Å². The lowest BCUT2D eigenvalue weighted by molar-refractivity contribution is 0.0591. The number of hydrogen-bond donors (Lipinski definition) is 0. The second-order valence-corrected chi connectivity index (χ2v) is 6.43. The normalized spacial score (nSPS) is 10.2. The molecule has 0 fully saturated rings. The van der Waals surface area contributed by atoms with E-state index in [1.54, 1.807) is 48.5 Å². The predicted octanol–water partition coefficient (Wildman–Crippen LogP) is 4.42. The van der Waals surface area contributed by atoms with Crippen molar-refractivity contribution in [3.05, 3.63) is 95.1 Å². The van der Waals surface area contributed by atoms with E-state index in [0.717, 1.165) is 11.1 Å². The molecule has 6 nitrogen and oxygen atoms in total. The van der Waals surface area contributed by atoms with Gasteiger partial charge in [0.25, 0.3) is 0 Å². The minimum Gasteiger partial charge on any atom is -0.489 e. The van der Waals surface area contributed by atoms with Crippen molar-refractivity contribution in [1.82, 2.24) is 0 Å². The van der Waals surface area contributed by atoms with Crippen molar-refractivity contribution in [2.24, 2.45) is 0 Å². The highest BCUT2D eigenvalue weighted by atomic mass is 16.5. The van der Waals surface area contributed by atoms with E-state index in [1.165, 1.54) is 14.2 Å². The van der Waals surface area contributed by atoms with Crippen LogP contribution in [0.3, 0.4) is 0 Å². The molecule has 3 rings (SSSR count). The average Bonchev–Trinajstić information content (AvgIpc) is 2.81. The Morgan fingerprint density at radius 2 is 0.900 bits per heavy atom. The number of carbonyl (C=O) groups is 2. The summed E-state index contributed by atoms with van der Waals surface area (Å²) in [5.41, 5.74) is 2.99. The van der Waals surface area contributed by atoms with Crippen molar-refractivity contribution in [3.63, 3.8) is 0 Å². The topological polar surface area (TPSA) is 71.1 Å². The summed E-state index contributed by atoms with van der Waals surface area (Å²) in [5.74, 6) is 0.591. The van der Waals surface area contributed by atoms with Crippen molar-refractivity contribution < 1.29 is 28.5 Å². The Balaban J connectivity index is 1.49. The Morgan fingerprint density at radius 1 is 0.567 bits per heavy atom. The summed E-state index contributed by atoms with van der Waals surface area (Å²) in [5, 5.41) is 0. The van der Waals surface area contributed by atoms with Gasteiger partial charge >= 0.3 is 11.9 Å². The maximum atomic E-state index is 11.4. The van der Waals surface area contributed by atoms with E-state index in [0.29, 0.717) is 35.8 Å². The molecule has 0 bridgehead atoms. The Hall–Kier alpha value is -3.80. The molecule has 0 N–H and O–H groups in total. The minimum absolute atomic E-state index is 0.376. The Bertz CT molecular complexity index is 893. The van der Waals surface area contributed by atoms with Gasteiger partial charge in [-0.25, -0.2) is 9.59 Å². The largest absolute Gasteiger partial charge is 0.489 e. The first-order valence-electron chi connectivity index (χ1n) is 9.29. The van der Waals surface area contributed by atoms with Gasteiger partial charge in [-0.15, -0.1) is 0 Å². The zero-order chi connectivity index (χ0) is 21.3. The van der Waals surface area contributed by atoms with Gasteiger partial charge in [0.05, 0.1) is 25.3 Å². The molecule has 0 aliphatic heterocycles. The third-order valence-corrected chi connectivity index (χ3v) is 4.38. The van der Waals surface area contributed by atoms with Gasteiger partial charge in [0, 0.05) is 0 Å². The number of hydrogen-bond acceptors (Lipinski definition) is 6. The van der Waals surface area contributed by atoms with Gasteiger partial charge in [0.15, 0.2) is 0 Å². The molecule has 0 heterocycles. The molecule has 0 spiro atoms. The molecular weight excluding hydrogens is 384 g/mol. The van der Waals surface area contributed by atoms with Gasteiger partial charge in [-0.05, 0) is 59.7 Å². The van der Waals surface area contributed by atoms with Crippen LogP contribution in [0.1, 0.15) is 31.8 Å². The van der Waals surface area contributed by atoms with E-state index in [4.69, 9.17) is 9.47 Å². The summed E-state index contributed by atoms with van der Waals surface area (Å²) in [6.45, 7) is 0.821. The third-order valence-electron chi connectivity index (χ3n) is 4.38. The van der Waals surface area contributed by atoms with E-state index < -0.39 is 0 Å². The molecule has 0 unspecified atom stereocenters. The lowest BCUT2D eigenvalue weighted by Gasteiger charge is -2.09. The smallest absolute Gasteiger partial charge is 0.337 e. The fourth-order valence-corrected chi connectivity index (χ4v) is 2.68. The molecule has 6 heteroatoms. The Labute approximate surface area is 175 Å². The first-order valence-corrected chi connectivity index (χ1v) is 9.29. The van der Waals surface area contributed by atoms with Crippen molar-refractivity contribution in [2.45, 2.75) is 13.2 Å². The van der Waals surface area contributed by atoms with Crippen LogP contribution in [0.4, 0.5) is 0 Å². The summed E-state index contributed by atoms with van der Waals surface area (Å²) in [6, 6.07) is 21.5. The number of carbonyl (C=O) groups excluding carboxylic acids is 2. The van der Waals surface area contributed by atoms with Crippen molar-refractivity contribution in [1.29, 1.82) is 0 Å². The van der Waals surface area contributed by atoms with Crippen LogP contribution in [0.2, 0.25) is 0 Å². The van der Waals surface area contributed by atoms with Crippen LogP contribution in [0.5, 0.6) is 11.5 Å². The zero-order valence-electron chi connectivity index (χ0n) is 16.8. The third kappa shape index (κ3) is 5.61. The van der Waals surface area contributed by atoms with Crippen LogP contribution in [-0.4, -0.2) is 26.2 Å². The molecule has 154 valence electrons. The van der Waals surface area contributed by atoms with E-state index in [-0.39, 0.29) is 11.9 Å². The number of methoxy groups -OCH3 is 2. The standard InChI is InChI=1S/C24H22O6/c1-27-23(25)19-7-11-21(12-8-19)29-15-17-3-5-18(6-4-17)16-30-22-13-9-20(10-14-22)24(26)28-2/h3-14H,15-16H2,1-2H3. The van der Waals surface area contributed by atoms with Gasteiger partial charge in [-0.3, -0.25) is 0 Å². The SMILES string of the molecule is COC(=O)c1ccc(OCc2ccc(COc3ccc(C(=O)OC)cc3)cc2)cc1. The van der Waals surface area contributed by atoms with Gasteiger partial charge in [0.1, 0.15) is 24.7 Å². The number of esters is 2. The highest BCUT2D eigenvalue weighted by Gasteiger charge is 2.06. The lowest BCUT2D eigenvalue weighted by Crippen LogP contribution is -2.02. The Kier molecular flexibility index (Phi) is 7.05. The summed E-state index contributed by atoms with van der Waals surface area (Å²) in [4.78, 5) is 22.9. The second kappa shape index (κ2) is 10.1. The molecule has 0 saturated carbocycles. The second-order valence-electron chi connectivity index (χ2n) is 6.43. The fraction of sp³-hybridized carbons (Fsp3) is 0.167. The molecule has 0 aliphatic carbocycles. The van der Waals surface area contributed by atoms with Crippen LogP contribution in [0, 0.1) is 0 Å². The van der Waals surface area contributed by atoms with Crippen LogP contribution >= 0.6 is 0 Å². The molecule has 30 heavy (non-hydrogen) atoms. The summed E-state index contributed by atoms with van der Waals surface area (Å²) in [6.07, 6.45) is 0. The lowest BCUT2D eigenvalue weighted by atomic mass is 10.1. The van der Waals surface area contributed by atoms with Gasteiger partial charge in [-0.2, -0.15) is 0 Å². The highest BCUT2D eigenvalue weighted by Crippen LogP contribution is 2.17.